The van der Waals surface area contributed by atoms with E-state index in [1.807, 2.05) is 5.32 Å². The van der Waals surface area contributed by atoms with Gasteiger partial charge in [-0.15, -0.1) is 0 Å². The molecule has 218 valence electrons. The minimum atomic E-state index is -4.88. The SMILES string of the molecule is CCC1=C(C(=O)C(=O)NC2(C(F)(F)F)CCC(CC(=O)O)CC2)N2CCCC2C1C(=O)Nc1ccc(F)c(F)c1. The summed E-state index contributed by atoms with van der Waals surface area (Å²) in [6.45, 7) is 1.97. The van der Waals surface area contributed by atoms with E-state index in [-0.39, 0.29) is 42.6 Å². The van der Waals surface area contributed by atoms with Crippen LogP contribution < -0.4 is 10.6 Å². The number of benzene rings is 1. The van der Waals surface area contributed by atoms with Gasteiger partial charge in [0.2, 0.25) is 5.91 Å². The predicted molar refractivity (Wildman–Crippen MR) is 132 cm³/mol. The lowest BCUT2D eigenvalue weighted by atomic mass is 9.74. The van der Waals surface area contributed by atoms with Crippen molar-refractivity contribution in [2.24, 2.45) is 11.8 Å². The third-order valence-corrected chi connectivity index (χ3v) is 8.24. The fourth-order valence-electron chi connectivity index (χ4n) is 6.25. The lowest BCUT2D eigenvalue weighted by molar-refractivity contribution is -0.208. The molecule has 1 aliphatic carbocycles. The molecule has 1 saturated heterocycles. The smallest absolute Gasteiger partial charge is 0.411 e. The summed E-state index contributed by atoms with van der Waals surface area (Å²) in [6, 6.07) is 2.32. The molecule has 0 aromatic heterocycles. The van der Waals surface area contributed by atoms with Gasteiger partial charge in [-0.2, -0.15) is 13.2 Å². The first kappa shape index (κ1) is 29.5. The number of nitrogens with zero attached hydrogens (tertiary/aromatic N) is 1. The van der Waals surface area contributed by atoms with Crippen LogP contribution in [-0.2, 0) is 19.2 Å². The maximum Gasteiger partial charge on any atom is 0.411 e. The van der Waals surface area contributed by atoms with E-state index in [1.165, 1.54) is 6.07 Å². The van der Waals surface area contributed by atoms with E-state index in [1.54, 1.807) is 11.8 Å². The van der Waals surface area contributed by atoms with E-state index in [0.717, 1.165) is 12.1 Å². The average molecular weight is 572 g/mol. The minimum absolute atomic E-state index is 0.00737. The van der Waals surface area contributed by atoms with E-state index in [2.05, 4.69) is 5.32 Å². The number of carbonyl (C=O) groups excluding carboxylic acids is 3. The van der Waals surface area contributed by atoms with Crippen molar-refractivity contribution in [3.05, 3.63) is 41.1 Å². The lowest BCUT2D eigenvalue weighted by Crippen LogP contribution is -2.61. The molecule has 8 nitrogen and oxygen atoms in total. The number of ketones is 1. The number of carboxylic acid groups (broad SMARTS) is 1. The van der Waals surface area contributed by atoms with Crippen LogP contribution in [0.2, 0.25) is 0 Å². The van der Waals surface area contributed by atoms with Gasteiger partial charge in [-0.25, -0.2) is 8.78 Å². The topological polar surface area (TPSA) is 116 Å². The second-order valence-corrected chi connectivity index (χ2v) is 10.6. The fourth-order valence-corrected chi connectivity index (χ4v) is 6.25. The van der Waals surface area contributed by atoms with Crippen molar-refractivity contribution in [2.75, 3.05) is 11.9 Å². The Labute approximate surface area is 227 Å². The summed E-state index contributed by atoms with van der Waals surface area (Å²) in [5, 5.41) is 13.4. The highest BCUT2D eigenvalue weighted by Crippen LogP contribution is 2.45. The van der Waals surface area contributed by atoms with Crippen molar-refractivity contribution in [3.8, 4) is 0 Å². The number of anilines is 1. The molecule has 2 amide bonds. The molecule has 0 radical (unpaired) electrons. The van der Waals surface area contributed by atoms with Crippen LogP contribution in [0.25, 0.3) is 0 Å². The molecule has 3 N–H and O–H groups in total. The summed E-state index contributed by atoms with van der Waals surface area (Å²) < 4.78 is 69.6. The molecule has 4 rings (SSSR count). The first-order valence-corrected chi connectivity index (χ1v) is 13.2. The molecule has 1 aromatic rings. The largest absolute Gasteiger partial charge is 0.481 e. The fraction of sp³-hybridized carbons (Fsp3) is 0.556. The number of amides is 2. The first-order chi connectivity index (χ1) is 18.8. The number of Topliss-reactive ketones (excluding diaryl/α,β-unsaturated/α-hetero) is 1. The van der Waals surface area contributed by atoms with Gasteiger partial charge in [-0.05, 0) is 68.6 Å². The van der Waals surface area contributed by atoms with E-state index >= 15 is 0 Å². The number of fused-ring (bicyclic) bond motifs is 1. The number of rotatable bonds is 8. The zero-order valence-electron chi connectivity index (χ0n) is 21.7. The summed E-state index contributed by atoms with van der Waals surface area (Å²) in [7, 11) is 0. The molecule has 3 aliphatic rings. The Morgan fingerprint density at radius 1 is 1.07 bits per heavy atom. The molecule has 2 unspecified atom stereocenters. The second-order valence-electron chi connectivity index (χ2n) is 10.6. The van der Waals surface area contributed by atoms with Gasteiger partial charge in [0.15, 0.2) is 11.6 Å². The molecule has 13 heteroatoms. The maximum atomic E-state index is 14.2. The van der Waals surface area contributed by atoms with Gasteiger partial charge in [0, 0.05) is 30.8 Å². The van der Waals surface area contributed by atoms with E-state index in [0.29, 0.717) is 19.4 Å². The van der Waals surface area contributed by atoms with Gasteiger partial charge in [-0.1, -0.05) is 6.92 Å². The number of carboxylic acids is 1. The van der Waals surface area contributed by atoms with Gasteiger partial charge in [0.1, 0.15) is 5.54 Å². The molecule has 2 heterocycles. The number of nitrogens with one attached hydrogen (secondary N) is 2. The second kappa shape index (κ2) is 11.2. The number of carbonyl (C=O) groups is 4. The lowest BCUT2D eigenvalue weighted by Gasteiger charge is -2.41. The summed E-state index contributed by atoms with van der Waals surface area (Å²) in [6.07, 6.45) is -5.22. The number of halogens is 5. The van der Waals surface area contributed by atoms with Gasteiger partial charge in [-0.3, -0.25) is 19.2 Å². The highest BCUT2D eigenvalue weighted by Gasteiger charge is 2.58. The Hall–Kier alpha value is -3.51. The van der Waals surface area contributed by atoms with Gasteiger partial charge >= 0.3 is 12.1 Å². The Morgan fingerprint density at radius 3 is 2.33 bits per heavy atom. The molecule has 40 heavy (non-hydrogen) atoms. The molecule has 2 atom stereocenters. The van der Waals surface area contributed by atoms with E-state index < -0.39 is 77.6 Å². The molecule has 0 spiro atoms. The Balaban J connectivity index is 1.58. The monoisotopic (exact) mass is 571 g/mol. The quantitative estimate of drug-likeness (QED) is 0.317. The maximum absolute atomic E-state index is 14.2. The van der Waals surface area contributed by atoms with Crippen LogP contribution in [0.4, 0.5) is 27.6 Å². The van der Waals surface area contributed by atoms with Crippen LogP contribution in [0.5, 0.6) is 0 Å². The minimum Gasteiger partial charge on any atom is -0.481 e. The van der Waals surface area contributed by atoms with Gasteiger partial charge in [0.05, 0.1) is 11.6 Å². The number of hydrogen-bond acceptors (Lipinski definition) is 5. The van der Waals surface area contributed by atoms with Crippen LogP contribution in [0, 0.1) is 23.5 Å². The van der Waals surface area contributed by atoms with Crippen LogP contribution in [0.1, 0.15) is 58.3 Å². The molecule has 1 aromatic carbocycles. The summed E-state index contributed by atoms with van der Waals surface area (Å²) >= 11 is 0. The van der Waals surface area contributed by atoms with E-state index in [4.69, 9.17) is 5.11 Å². The van der Waals surface area contributed by atoms with Crippen LogP contribution in [-0.4, -0.2) is 57.9 Å². The normalized spacial score (nSPS) is 26.4. The Bertz CT molecular complexity index is 1240. The van der Waals surface area contributed by atoms with Gasteiger partial charge in [0.25, 0.3) is 11.7 Å². The average Bonchev–Trinajstić information content (AvgIpc) is 3.46. The first-order valence-electron chi connectivity index (χ1n) is 13.2. The van der Waals surface area contributed by atoms with Crippen molar-refractivity contribution >= 4 is 29.3 Å². The summed E-state index contributed by atoms with van der Waals surface area (Å²) in [4.78, 5) is 52.4. The van der Waals surface area contributed by atoms with Gasteiger partial charge < -0.3 is 20.6 Å². The standard InChI is InChI=1S/C27H30F5N3O5/c1-2-16-21(24(39)33-15-5-6-17(28)18(29)13-15)19-4-3-11-35(19)22(16)23(38)25(40)34-26(27(30,31)32)9-7-14(8-10-26)12-20(36)37/h5-6,13-14,19,21H,2-4,7-12H2,1H3,(H,33,39)(H,34,40)(H,36,37). The molecule has 1 saturated carbocycles. The number of aliphatic carboxylic acids is 1. The molecule has 2 aliphatic heterocycles. The summed E-state index contributed by atoms with van der Waals surface area (Å²) in [5.41, 5.74) is -2.50. The molecule has 2 fully saturated rings. The van der Waals surface area contributed by atoms with Crippen molar-refractivity contribution in [1.29, 1.82) is 0 Å². The Kier molecular flexibility index (Phi) is 8.23. The third-order valence-electron chi connectivity index (χ3n) is 8.24. The zero-order chi connectivity index (χ0) is 29.4. The van der Waals surface area contributed by atoms with Crippen LogP contribution in [0.15, 0.2) is 29.5 Å². The van der Waals surface area contributed by atoms with Crippen molar-refractivity contribution in [1.82, 2.24) is 10.2 Å². The third kappa shape index (κ3) is 5.55. The zero-order valence-corrected chi connectivity index (χ0v) is 21.7. The molecule has 0 bridgehead atoms. The van der Waals surface area contributed by atoms with Crippen molar-refractivity contribution < 1.29 is 46.2 Å². The Morgan fingerprint density at radius 2 is 1.75 bits per heavy atom. The van der Waals surface area contributed by atoms with E-state index in [9.17, 15) is 41.1 Å². The number of alkyl halides is 3. The molecular formula is C27H30F5N3O5. The van der Waals surface area contributed by atoms with Crippen molar-refractivity contribution in [3.63, 3.8) is 0 Å². The summed E-state index contributed by atoms with van der Waals surface area (Å²) in [5.74, 6) is -7.99. The van der Waals surface area contributed by atoms with Crippen LogP contribution in [0.3, 0.4) is 0 Å². The highest BCUT2D eigenvalue weighted by molar-refractivity contribution is 6.43. The molecular weight excluding hydrogens is 541 g/mol. The number of hydrogen-bond donors (Lipinski definition) is 3. The van der Waals surface area contributed by atoms with Crippen molar-refractivity contribution in [2.45, 2.75) is 76.0 Å². The highest BCUT2D eigenvalue weighted by atomic mass is 19.4. The predicted octanol–water partition coefficient (Wildman–Crippen LogP) is 4.31. The van der Waals surface area contributed by atoms with Crippen LogP contribution >= 0.6 is 0 Å².